The SMILES string of the molecule is C=CC1C[C@@H](Cc2ccc(OC)c(C)c2)C2C(=O)C=CC(=C)C12. The fourth-order valence-electron chi connectivity index (χ4n) is 4.35. The lowest BCUT2D eigenvalue weighted by atomic mass is 9.75. The number of hydrogen-bond acceptors (Lipinski definition) is 2. The largest absolute Gasteiger partial charge is 0.496 e. The van der Waals surface area contributed by atoms with Crippen molar-refractivity contribution < 1.29 is 9.53 Å². The third-order valence-electron chi connectivity index (χ3n) is 5.41. The molecule has 2 heteroatoms. The molecule has 0 aliphatic heterocycles. The third kappa shape index (κ3) is 2.78. The number of ketones is 1. The first-order valence-electron chi connectivity index (χ1n) is 8.22. The number of aryl methyl sites for hydroxylation is 1. The average Bonchev–Trinajstić information content (AvgIpc) is 2.91. The van der Waals surface area contributed by atoms with Gasteiger partial charge < -0.3 is 4.74 Å². The maximum atomic E-state index is 12.5. The summed E-state index contributed by atoms with van der Waals surface area (Å²) in [5.74, 6) is 2.15. The van der Waals surface area contributed by atoms with Gasteiger partial charge in [-0.05, 0) is 60.8 Å². The van der Waals surface area contributed by atoms with E-state index in [1.807, 2.05) is 18.2 Å². The van der Waals surface area contributed by atoms with Crippen molar-refractivity contribution in [1.29, 1.82) is 0 Å². The number of benzene rings is 1. The zero-order valence-corrected chi connectivity index (χ0v) is 13.9. The number of allylic oxidation sites excluding steroid dienone is 4. The molecule has 0 aromatic heterocycles. The molecule has 2 aliphatic carbocycles. The van der Waals surface area contributed by atoms with Crippen LogP contribution in [0.2, 0.25) is 0 Å². The molecule has 0 N–H and O–H groups in total. The summed E-state index contributed by atoms with van der Waals surface area (Å²) in [5.41, 5.74) is 3.48. The molecular weight excluding hydrogens is 284 g/mol. The van der Waals surface area contributed by atoms with Crippen LogP contribution < -0.4 is 4.74 Å². The summed E-state index contributed by atoms with van der Waals surface area (Å²) in [5, 5.41) is 0. The molecule has 3 rings (SSSR count). The zero-order chi connectivity index (χ0) is 16.6. The molecule has 3 unspecified atom stereocenters. The van der Waals surface area contributed by atoms with E-state index in [0.717, 1.165) is 29.7 Å². The minimum atomic E-state index is 0.0536. The second kappa shape index (κ2) is 6.19. The van der Waals surface area contributed by atoms with Gasteiger partial charge >= 0.3 is 0 Å². The van der Waals surface area contributed by atoms with Crippen LogP contribution in [-0.2, 0) is 11.2 Å². The van der Waals surface area contributed by atoms with Gasteiger partial charge in [-0.1, -0.05) is 36.4 Å². The monoisotopic (exact) mass is 308 g/mol. The minimum Gasteiger partial charge on any atom is -0.496 e. The van der Waals surface area contributed by atoms with Crippen molar-refractivity contribution in [3.05, 3.63) is 66.3 Å². The Bertz CT molecular complexity index is 683. The van der Waals surface area contributed by atoms with E-state index in [0.29, 0.717) is 11.8 Å². The van der Waals surface area contributed by atoms with Crippen molar-refractivity contribution in [1.82, 2.24) is 0 Å². The topological polar surface area (TPSA) is 26.3 Å². The van der Waals surface area contributed by atoms with Crippen molar-refractivity contribution in [3.8, 4) is 5.75 Å². The summed E-state index contributed by atoms with van der Waals surface area (Å²) >= 11 is 0. The number of fused-ring (bicyclic) bond motifs is 1. The van der Waals surface area contributed by atoms with Crippen LogP contribution in [-0.4, -0.2) is 12.9 Å². The molecule has 1 aromatic rings. The summed E-state index contributed by atoms with van der Waals surface area (Å²) in [4.78, 5) is 12.5. The molecule has 0 bridgehead atoms. The van der Waals surface area contributed by atoms with Gasteiger partial charge in [0.15, 0.2) is 5.78 Å². The number of carbonyl (C=O) groups is 1. The van der Waals surface area contributed by atoms with E-state index < -0.39 is 0 Å². The number of rotatable bonds is 4. The van der Waals surface area contributed by atoms with Crippen LogP contribution in [0, 0.1) is 30.6 Å². The standard InChI is InChI=1S/C21H24O2/c1-5-16-12-17(21-18(22)8-6-13(2)20(16)21)11-15-7-9-19(23-4)14(3)10-15/h5-10,16-17,20-21H,1-2,11-12H2,3-4H3/t16?,17-,20?,21?/m1/s1. The van der Waals surface area contributed by atoms with Crippen molar-refractivity contribution in [2.24, 2.45) is 23.7 Å². The van der Waals surface area contributed by atoms with Crippen LogP contribution in [0.3, 0.4) is 0 Å². The zero-order valence-electron chi connectivity index (χ0n) is 13.9. The molecule has 4 atom stereocenters. The number of methoxy groups -OCH3 is 1. The molecule has 0 heterocycles. The molecule has 1 saturated carbocycles. The number of carbonyl (C=O) groups excluding carboxylic acids is 1. The lowest BCUT2D eigenvalue weighted by Gasteiger charge is -2.28. The Morgan fingerprint density at radius 1 is 1.30 bits per heavy atom. The predicted octanol–water partition coefficient (Wildman–Crippen LogP) is 4.30. The van der Waals surface area contributed by atoms with Crippen molar-refractivity contribution in [2.45, 2.75) is 19.8 Å². The molecule has 2 aliphatic rings. The highest BCUT2D eigenvalue weighted by molar-refractivity contribution is 5.94. The third-order valence-corrected chi connectivity index (χ3v) is 5.41. The molecular formula is C21H24O2. The average molecular weight is 308 g/mol. The van der Waals surface area contributed by atoms with Crippen LogP contribution in [0.5, 0.6) is 5.75 Å². The van der Waals surface area contributed by atoms with E-state index in [4.69, 9.17) is 4.74 Å². The Hall–Kier alpha value is -2.09. The first kappa shape index (κ1) is 15.8. The van der Waals surface area contributed by atoms with Crippen molar-refractivity contribution in [2.75, 3.05) is 7.11 Å². The quantitative estimate of drug-likeness (QED) is 0.775. The molecule has 23 heavy (non-hydrogen) atoms. The van der Waals surface area contributed by atoms with Crippen LogP contribution in [0.1, 0.15) is 17.5 Å². The fraction of sp³-hybridized carbons (Fsp3) is 0.381. The van der Waals surface area contributed by atoms with E-state index in [-0.39, 0.29) is 17.6 Å². The van der Waals surface area contributed by atoms with Gasteiger partial charge in [0.25, 0.3) is 0 Å². The molecule has 0 radical (unpaired) electrons. The first-order chi connectivity index (χ1) is 11.0. The predicted molar refractivity (Wildman–Crippen MR) is 93.5 cm³/mol. The number of ether oxygens (including phenoxy) is 1. The molecule has 0 spiro atoms. The van der Waals surface area contributed by atoms with Gasteiger partial charge in [0.1, 0.15) is 5.75 Å². The maximum absolute atomic E-state index is 12.5. The lowest BCUT2D eigenvalue weighted by molar-refractivity contribution is -0.120. The van der Waals surface area contributed by atoms with Crippen LogP contribution in [0.15, 0.2) is 55.2 Å². The van der Waals surface area contributed by atoms with E-state index >= 15 is 0 Å². The highest BCUT2D eigenvalue weighted by Gasteiger charge is 2.46. The Kier molecular flexibility index (Phi) is 4.25. The molecule has 120 valence electrons. The highest BCUT2D eigenvalue weighted by atomic mass is 16.5. The summed E-state index contributed by atoms with van der Waals surface area (Å²) in [6.07, 6.45) is 7.54. The molecule has 0 saturated heterocycles. The van der Waals surface area contributed by atoms with E-state index in [2.05, 4.69) is 32.2 Å². The summed E-state index contributed by atoms with van der Waals surface area (Å²) in [6, 6.07) is 6.30. The van der Waals surface area contributed by atoms with Gasteiger partial charge in [0, 0.05) is 5.92 Å². The lowest BCUT2D eigenvalue weighted by Crippen LogP contribution is -2.29. The molecule has 0 amide bonds. The summed E-state index contributed by atoms with van der Waals surface area (Å²) < 4.78 is 5.33. The van der Waals surface area contributed by atoms with Crippen LogP contribution in [0.4, 0.5) is 0 Å². The van der Waals surface area contributed by atoms with E-state index in [1.54, 1.807) is 13.2 Å². The molecule has 1 fully saturated rings. The molecule has 1 aromatic carbocycles. The van der Waals surface area contributed by atoms with Crippen LogP contribution >= 0.6 is 0 Å². The van der Waals surface area contributed by atoms with Gasteiger partial charge in [0.05, 0.1) is 7.11 Å². The van der Waals surface area contributed by atoms with Gasteiger partial charge in [-0.3, -0.25) is 4.79 Å². The van der Waals surface area contributed by atoms with Gasteiger partial charge in [-0.2, -0.15) is 0 Å². The second-order valence-electron chi connectivity index (χ2n) is 6.77. The smallest absolute Gasteiger partial charge is 0.159 e. The minimum absolute atomic E-state index is 0.0536. The Balaban J connectivity index is 1.86. The van der Waals surface area contributed by atoms with Gasteiger partial charge in [-0.25, -0.2) is 0 Å². The Morgan fingerprint density at radius 2 is 2.09 bits per heavy atom. The Labute approximate surface area is 138 Å². The van der Waals surface area contributed by atoms with Gasteiger partial charge in [-0.15, -0.1) is 6.58 Å². The number of hydrogen-bond donors (Lipinski definition) is 0. The fourth-order valence-corrected chi connectivity index (χ4v) is 4.35. The Morgan fingerprint density at radius 3 is 2.74 bits per heavy atom. The maximum Gasteiger partial charge on any atom is 0.159 e. The highest BCUT2D eigenvalue weighted by Crippen LogP contribution is 2.49. The summed E-state index contributed by atoms with van der Waals surface area (Å²) in [7, 11) is 1.69. The summed E-state index contributed by atoms with van der Waals surface area (Å²) in [6.45, 7) is 10.2. The normalized spacial score (nSPS) is 29.5. The van der Waals surface area contributed by atoms with Gasteiger partial charge in [0.2, 0.25) is 0 Å². The van der Waals surface area contributed by atoms with E-state index in [1.165, 1.54) is 5.56 Å². The van der Waals surface area contributed by atoms with Crippen molar-refractivity contribution >= 4 is 5.78 Å². The molecule has 2 nitrogen and oxygen atoms in total. The first-order valence-corrected chi connectivity index (χ1v) is 8.22. The van der Waals surface area contributed by atoms with Crippen LogP contribution in [0.25, 0.3) is 0 Å². The van der Waals surface area contributed by atoms with E-state index in [9.17, 15) is 4.79 Å². The second-order valence-corrected chi connectivity index (χ2v) is 6.77. The van der Waals surface area contributed by atoms with Crippen molar-refractivity contribution in [3.63, 3.8) is 0 Å².